The number of nitrogens with zero attached hydrogens (tertiary/aromatic N) is 1. The molecule has 2 N–H and O–H groups in total. The Morgan fingerprint density at radius 3 is 3.07 bits per heavy atom. The highest BCUT2D eigenvalue weighted by Crippen LogP contribution is 2.20. The van der Waals surface area contributed by atoms with Gasteiger partial charge >= 0.3 is 0 Å². The number of hydrogen-bond donors (Lipinski definition) is 2. The predicted octanol–water partition coefficient (Wildman–Crippen LogP) is 0.861. The van der Waals surface area contributed by atoms with E-state index in [2.05, 4.69) is 14.7 Å². The number of nitrogens with one attached hydrogen (secondary N) is 2. The van der Waals surface area contributed by atoms with Crippen LogP contribution in [0.1, 0.15) is 6.92 Å². The highest BCUT2D eigenvalue weighted by atomic mass is 32.2. The molecule has 0 unspecified atom stereocenters. The van der Waals surface area contributed by atoms with Crippen LogP contribution in [0.4, 0.5) is 0 Å². The molecule has 0 bridgehead atoms. The van der Waals surface area contributed by atoms with Gasteiger partial charge in [-0.15, -0.1) is 0 Å². The van der Waals surface area contributed by atoms with Crippen LogP contribution in [-0.2, 0) is 10.0 Å². The molecule has 0 aliphatic carbocycles. The topological polar surface area (TPSA) is 74.8 Å². The molecule has 0 aliphatic rings. The number of fused-ring (bicyclic) bond motifs is 1. The lowest BCUT2D eigenvalue weighted by atomic mass is 10.3. The highest BCUT2D eigenvalue weighted by molar-refractivity contribution is 7.89. The Hall–Kier alpha value is -1.40. The molecule has 2 rings (SSSR count). The smallest absolute Gasteiger partial charge is 0.242 e. The quantitative estimate of drug-likeness (QED) is 0.813. The first-order valence-electron chi connectivity index (χ1n) is 4.57. The van der Waals surface area contributed by atoms with E-state index in [1.165, 1.54) is 6.20 Å². The number of sulfonamides is 1. The van der Waals surface area contributed by atoms with Crippen molar-refractivity contribution in [1.29, 1.82) is 0 Å². The van der Waals surface area contributed by atoms with E-state index in [0.29, 0.717) is 17.6 Å². The molecule has 2 heterocycles. The van der Waals surface area contributed by atoms with Crippen LogP contribution in [-0.4, -0.2) is 24.9 Å². The van der Waals surface area contributed by atoms with Crippen molar-refractivity contribution in [2.45, 2.75) is 11.8 Å². The lowest BCUT2D eigenvalue weighted by Crippen LogP contribution is -2.22. The van der Waals surface area contributed by atoms with E-state index in [1.54, 1.807) is 25.3 Å². The Kier molecular flexibility index (Phi) is 2.45. The summed E-state index contributed by atoms with van der Waals surface area (Å²) in [5, 5.41) is 0.610. The predicted molar refractivity (Wildman–Crippen MR) is 57.0 cm³/mol. The minimum Gasteiger partial charge on any atom is -0.345 e. The molecule has 80 valence electrons. The van der Waals surface area contributed by atoms with Crippen LogP contribution >= 0.6 is 0 Å². The maximum atomic E-state index is 11.7. The normalized spacial score (nSPS) is 12.1. The Bertz CT molecular complexity index is 574. The molecule has 0 spiro atoms. The molecule has 0 amide bonds. The van der Waals surface area contributed by atoms with Gasteiger partial charge in [-0.1, -0.05) is 6.92 Å². The first-order valence-corrected chi connectivity index (χ1v) is 6.05. The van der Waals surface area contributed by atoms with E-state index in [9.17, 15) is 8.42 Å². The summed E-state index contributed by atoms with van der Waals surface area (Å²) in [6.45, 7) is 2.11. The van der Waals surface area contributed by atoms with E-state index in [1.807, 2.05) is 0 Å². The zero-order valence-corrected chi connectivity index (χ0v) is 9.00. The molecule has 0 fully saturated rings. The van der Waals surface area contributed by atoms with Gasteiger partial charge in [0.2, 0.25) is 10.0 Å². The summed E-state index contributed by atoms with van der Waals surface area (Å²) in [5.41, 5.74) is 0.578. The van der Waals surface area contributed by atoms with Gasteiger partial charge in [0.25, 0.3) is 0 Å². The number of aromatic nitrogens is 2. The van der Waals surface area contributed by atoms with Crippen LogP contribution in [0.25, 0.3) is 11.0 Å². The number of H-pyrrole nitrogens is 1. The summed E-state index contributed by atoms with van der Waals surface area (Å²) in [6, 6.07) is 3.43. The second-order valence-corrected chi connectivity index (χ2v) is 4.79. The average molecular weight is 225 g/mol. The average Bonchev–Trinajstić information content (AvgIpc) is 2.61. The van der Waals surface area contributed by atoms with Crippen molar-refractivity contribution >= 4 is 21.1 Å². The maximum Gasteiger partial charge on any atom is 0.242 e. The van der Waals surface area contributed by atoms with Crippen LogP contribution in [0.2, 0.25) is 0 Å². The molecule has 0 atom stereocenters. The van der Waals surface area contributed by atoms with Crippen molar-refractivity contribution in [3.05, 3.63) is 24.5 Å². The lowest BCUT2D eigenvalue weighted by molar-refractivity contribution is 0.585. The molecule has 6 heteroatoms. The molecule has 2 aromatic rings. The number of hydrogen-bond acceptors (Lipinski definition) is 3. The molecular formula is C9H11N3O2S. The van der Waals surface area contributed by atoms with Gasteiger partial charge in [-0.3, -0.25) is 0 Å². The van der Waals surface area contributed by atoms with E-state index >= 15 is 0 Å². The summed E-state index contributed by atoms with van der Waals surface area (Å²) in [6.07, 6.45) is 3.07. The molecule has 0 saturated heterocycles. The third kappa shape index (κ3) is 1.73. The van der Waals surface area contributed by atoms with Gasteiger partial charge in [0.15, 0.2) is 0 Å². The summed E-state index contributed by atoms with van der Waals surface area (Å²) in [7, 11) is -3.41. The fourth-order valence-electron chi connectivity index (χ4n) is 1.42. The van der Waals surface area contributed by atoms with E-state index < -0.39 is 10.0 Å². The van der Waals surface area contributed by atoms with Gasteiger partial charge in [0, 0.05) is 24.3 Å². The van der Waals surface area contributed by atoms with Gasteiger partial charge in [-0.05, 0) is 12.1 Å². The molecule has 15 heavy (non-hydrogen) atoms. The van der Waals surface area contributed by atoms with Crippen molar-refractivity contribution in [1.82, 2.24) is 14.7 Å². The first kappa shape index (κ1) is 10.1. The van der Waals surface area contributed by atoms with Crippen molar-refractivity contribution in [3.8, 4) is 0 Å². The number of aromatic amines is 1. The number of rotatable bonds is 3. The molecule has 0 radical (unpaired) electrons. The molecular weight excluding hydrogens is 214 g/mol. The van der Waals surface area contributed by atoms with Gasteiger partial charge in [-0.2, -0.15) is 0 Å². The second-order valence-electron chi connectivity index (χ2n) is 3.05. The van der Waals surface area contributed by atoms with Crippen LogP contribution in [0.5, 0.6) is 0 Å². The van der Waals surface area contributed by atoms with E-state index in [0.717, 1.165) is 0 Å². The Morgan fingerprint density at radius 1 is 1.53 bits per heavy atom. The fraction of sp³-hybridized carbons (Fsp3) is 0.222. The standard InChI is InChI=1S/C9H11N3O2S/c1-2-12-15(13,14)8-6-11-9-7(8)4-3-5-10-9/h3-6,12H,2H2,1H3,(H,10,11). The SMILES string of the molecule is CCNS(=O)(=O)c1c[nH]c2ncccc12. The first-order chi connectivity index (χ1) is 7.15. The monoisotopic (exact) mass is 225 g/mol. The molecule has 5 nitrogen and oxygen atoms in total. The van der Waals surface area contributed by atoms with Crippen molar-refractivity contribution in [2.24, 2.45) is 0 Å². The highest BCUT2D eigenvalue weighted by Gasteiger charge is 2.17. The zero-order chi connectivity index (χ0) is 10.9. The van der Waals surface area contributed by atoms with Crippen LogP contribution in [0, 0.1) is 0 Å². The maximum absolute atomic E-state index is 11.7. The fourth-order valence-corrected chi connectivity index (χ4v) is 2.62. The molecule has 0 aromatic carbocycles. The third-order valence-electron chi connectivity index (χ3n) is 2.04. The summed E-state index contributed by atoms with van der Waals surface area (Å²) >= 11 is 0. The van der Waals surface area contributed by atoms with E-state index in [4.69, 9.17) is 0 Å². The minimum absolute atomic E-state index is 0.243. The largest absolute Gasteiger partial charge is 0.345 e. The third-order valence-corrected chi connectivity index (χ3v) is 3.62. The van der Waals surface area contributed by atoms with Crippen molar-refractivity contribution in [2.75, 3.05) is 6.54 Å². The Morgan fingerprint density at radius 2 is 2.33 bits per heavy atom. The van der Waals surface area contributed by atoms with Gasteiger partial charge < -0.3 is 4.98 Å². The Labute approximate surface area is 87.6 Å². The summed E-state index contributed by atoms with van der Waals surface area (Å²) < 4.78 is 25.9. The van der Waals surface area contributed by atoms with E-state index in [-0.39, 0.29) is 4.90 Å². The zero-order valence-electron chi connectivity index (χ0n) is 8.19. The van der Waals surface area contributed by atoms with Gasteiger partial charge in [0.05, 0.1) is 0 Å². The van der Waals surface area contributed by atoms with Crippen LogP contribution < -0.4 is 4.72 Å². The van der Waals surface area contributed by atoms with Crippen molar-refractivity contribution in [3.63, 3.8) is 0 Å². The van der Waals surface area contributed by atoms with Gasteiger partial charge in [0.1, 0.15) is 10.5 Å². The van der Waals surface area contributed by atoms with Crippen LogP contribution in [0.15, 0.2) is 29.4 Å². The lowest BCUT2D eigenvalue weighted by Gasteiger charge is -2.01. The minimum atomic E-state index is -3.41. The second kappa shape index (κ2) is 3.63. The Balaban J connectivity index is 2.63. The molecule has 0 aliphatic heterocycles. The molecule has 2 aromatic heterocycles. The van der Waals surface area contributed by atoms with Crippen LogP contribution in [0.3, 0.4) is 0 Å². The molecule has 0 saturated carbocycles. The number of pyridine rings is 1. The summed E-state index contributed by atoms with van der Waals surface area (Å²) in [4.78, 5) is 7.09. The van der Waals surface area contributed by atoms with Crippen molar-refractivity contribution < 1.29 is 8.42 Å². The van der Waals surface area contributed by atoms with Gasteiger partial charge in [-0.25, -0.2) is 18.1 Å². The summed E-state index contributed by atoms with van der Waals surface area (Å²) in [5.74, 6) is 0.